The van der Waals surface area contributed by atoms with E-state index >= 15 is 0 Å². The number of carbonyl (C=O) groups excluding carboxylic acids is 1. The maximum atomic E-state index is 13.0. The van der Waals surface area contributed by atoms with Crippen molar-refractivity contribution in [2.45, 2.75) is 58.7 Å². The van der Waals surface area contributed by atoms with Gasteiger partial charge in [-0.05, 0) is 42.9 Å². The van der Waals surface area contributed by atoms with E-state index < -0.39 is 11.7 Å². The molecule has 0 saturated heterocycles. The quantitative estimate of drug-likeness (QED) is 0.829. The fourth-order valence-corrected chi connectivity index (χ4v) is 3.02. The van der Waals surface area contributed by atoms with Crippen molar-refractivity contribution in [2.24, 2.45) is 5.41 Å². The average Bonchev–Trinajstić information content (AvgIpc) is 2.71. The monoisotopic (exact) mass is 353 g/mol. The Morgan fingerprint density at radius 3 is 2.48 bits per heavy atom. The van der Waals surface area contributed by atoms with E-state index in [2.05, 4.69) is 10.3 Å². The topological polar surface area (TPSA) is 46.9 Å². The van der Waals surface area contributed by atoms with Crippen LogP contribution >= 0.6 is 0 Å². The molecule has 1 saturated carbocycles. The first-order valence-corrected chi connectivity index (χ1v) is 8.44. The molecule has 0 atom stereocenters. The molecule has 0 spiro atoms. The van der Waals surface area contributed by atoms with E-state index in [0.717, 1.165) is 31.4 Å². The maximum Gasteiger partial charge on any atom is 0.416 e. The van der Waals surface area contributed by atoms with Crippen LogP contribution in [0.3, 0.4) is 0 Å². The van der Waals surface area contributed by atoms with Gasteiger partial charge in [0.15, 0.2) is 0 Å². The molecule has 7 heteroatoms. The van der Waals surface area contributed by atoms with Crippen molar-refractivity contribution in [3.8, 4) is 0 Å². The fourth-order valence-electron chi connectivity index (χ4n) is 3.02. The van der Waals surface area contributed by atoms with Crippen LogP contribution in [0.4, 0.5) is 19.1 Å². The molecule has 136 valence electrons. The lowest BCUT2D eigenvalue weighted by Crippen LogP contribution is -2.24. The van der Waals surface area contributed by atoms with E-state index in [4.69, 9.17) is 0 Å². The predicted molar refractivity (Wildman–Crippen MR) is 90.3 cm³/mol. The van der Waals surface area contributed by atoms with Gasteiger partial charge in [0.2, 0.25) is 11.9 Å². The van der Waals surface area contributed by atoms with Gasteiger partial charge in [-0.3, -0.25) is 10.1 Å². The van der Waals surface area contributed by atoms with E-state index in [1.807, 2.05) is 20.8 Å². The number of fused-ring (bicyclic) bond motifs is 1. The smallest absolute Gasteiger partial charge is 0.307 e. The predicted octanol–water partition coefficient (Wildman–Crippen LogP) is 5.15. The number of amides is 1. The minimum atomic E-state index is -4.40. The Balaban J connectivity index is 2.01. The van der Waals surface area contributed by atoms with E-state index in [1.165, 1.54) is 6.07 Å². The van der Waals surface area contributed by atoms with Gasteiger partial charge in [-0.1, -0.05) is 20.8 Å². The highest BCUT2D eigenvalue weighted by Gasteiger charge is 2.32. The second-order valence-corrected chi connectivity index (χ2v) is 7.88. The number of benzene rings is 1. The molecule has 1 aromatic carbocycles. The van der Waals surface area contributed by atoms with E-state index in [9.17, 15) is 18.0 Å². The molecule has 1 N–H and O–H groups in total. The highest BCUT2D eigenvalue weighted by atomic mass is 19.4. The van der Waals surface area contributed by atoms with Crippen LogP contribution in [0, 0.1) is 5.41 Å². The Morgan fingerprint density at radius 2 is 1.96 bits per heavy atom. The van der Waals surface area contributed by atoms with Crippen LogP contribution in [0.1, 0.15) is 58.1 Å². The minimum absolute atomic E-state index is 0.0819. The first-order chi connectivity index (χ1) is 11.5. The molecule has 4 nitrogen and oxygen atoms in total. The molecule has 1 aliphatic rings. The van der Waals surface area contributed by atoms with Crippen LogP contribution in [0.15, 0.2) is 18.2 Å². The van der Waals surface area contributed by atoms with E-state index in [-0.39, 0.29) is 17.4 Å². The average molecular weight is 353 g/mol. The van der Waals surface area contributed by atoms with Crippen LogP contribution in [0.25, 0.3) is 11.0 Å². The molecule has 2 aromatic rings. The summed E-state index contributed by atoms with van der Waals surface area (Å²) in [7, 11) is 0. The van der Waals surface area contributed by atoms with Gasteiger partial charge in [-0.25, -0.2) is 4.98 Å². The lowest BCUT2D eigenvalue weighted by molar-refractivity contribution is -0.137. The summed E-state index contributed by atoms with van der Waals surface area (Å²) < 4.78 is 40.9. The minimum Gasteiger partial charge on any atom is -0.307 e. The van der Waals surface area contributed by atoms with Crippen LogP contribution < -0.4 is 5.32 Å². The normalized spacial score (nSPS) is 16.1. The molecular weight excluding hydrogens is 331 g/mol. The van der Waals surface area contributed by atoms with Crippen molar-refractivity contribution < 1.29 is 18.0 Å². The number of aromatic nitrogens is 2. The SMILES string of the molecule is CC(C)(C)CC(=O)Nc1nc2ccc(C(F)(F)F)cc2n1C1CCC1. The van der Waals surface area contributed by atoms with E-state index in [0.29, 0.717) is 23.4 Å². The molecule has 1 aromatic heterocycles. The van der Waals surface area contributed by atoms with Gasteiger partial charge < -0.3 is 4.57 Å². The van der Waals surface area contributed by atoms with Crippen LogP contribution in [-0.4, -0.2) is 15.5 Å². The van der Waals surface area contributed by atoms with Crippen LogP contribution in [-0.2, 0) is 11.0 Å². The third kappa shape index (κ3) is 3.80. The highest BCUT2D eigenvalue weighted by molar-refractivity contribution is 5.92. The maximum absolute atomic E-state index is 13.0. The Hall–Kier alpha value is -2.05. The third-order valence-electron chi connectivity index (χ3n) is 4.40. The zero-order chi connectivity index (χ0) is 18.4. The number of nitrogens with one attached hydrogen (secondary N) is 1. The van der Waals surface area contributed by atoms with Gasteiger partial charge in [-0.2, -0.15) is 13.2 Å². The first-order valence-electron chi connectivity index (χ1n) is 8.44. The van der Waals surface area contributed by atoms with Crippen molar-refractivity contribution in [2.75, 3.05) is 5.32 Å². The molecular formula is C18H22F3N3O. The van der Waals surface area contributed by atoms with Crippen molar-refractivity contribution in [3.63, 3.8) is 0 Å². The summed E-state index contributed by atoms with van der Waals surface area (Å²) in [6.45, 7) is 5.87. The first kappa shape index (κ1) is 17.8. The molecule has 1 heterocycles. The lowest BCUT2D eigenvalue weighted by atomic mass is 9.92. The number of nitrogens with zero attached hydrogens (tertiary/aromatic N) is 2. The number of hydrogen-bond donors (Lipinski definition) is 1. The van der Waals surface area contributed by atoms with Crippen LogP contribution in [0.2, 0.25) is 0 Å². The summed E-state index contributed by atoms with van der Waals surface area (Å²) in [5, 5.41) is 2.80. The van der Waals surface area contributed by atoms with Gasteiger partial charge in [0, 0.05) is 12.5 Å². The van der Waals surface area contributed by atoms with Crippen molar-refractivity contribution >= 4 is 22.9 Å². The molecule has 0 aliphatic heterocycles. The number of anilines is 1. The Bertz CT molecular complexity index is 798. The van der Waals surface area contributed by atoms with Gasteiger partial charge in [0.05, 0.1) is 16.6 Å². The number of rotatable bonds is 3. The third-order valence-corrected chi connectivity index (χ3v) is 4.40. The summed E-state index contributed by atoms with van der Waals surface area (Å²) in [4.78, 5) is 16.6. The van der Waals surface area contributed by atoms with Crippen molar-refractivity contribution in [1.29, 1.82) is 0 Å². The molecule has 0 bridgehead atoms. The second kappa shape index (κ2) is 6.04. The van der Waals surface area contributed by atoms with E-state index in [1.54, 1.807) is 4.57 Å². The molecule has 1 amide bonds. The number of hydrogen-bond acceptors (Lipinski definition) is 2. The van der Waals surface area contributed by atoms with Gasteiger partial charge in [-0.15, -0.1) is 0 Å². The molecule has 0 radical (unpaired) electrons. The molecule has 3 rings (SSSR count). The van der Waals surface area contributed by atoms with Gasteiger partial charge >= 0.3 is 6.18 Å². The Morgan fingerprint density at radius 1 is 1.28 bits per heavy atom. The molecule has 1 aliphatic carbocycles. The number of carbonyl (C=O) groups is 1. The number of alkyl halides is 3. The number of halogens is 3. The van der Waals surface area contributed by atoms with Crippen LogP contribution in [0.5, 0.6) is 0 Å². The summed E-state index contributed by atoms with van der Waals surface area (Å²) in [6, 6.07) is 3.60. The standard InChI is InChI=1S/C18H22F3N3O/c1-17(2,3)10-15(25)23-16-22-13-8-7-11(18(19,20)21)9-14(13)24(16)12-5-4-6-12/h7-9,12H,4-6,10H2,1-3H3,(H,22,23,25). The van der Waals surface area contributed by atoms with Crippen molar-refractivity contribution in [1.82, 2.24) is 9.55 Å². The Labute approximate surface area is 144 Å². The van der Waals surface area contributed by atoms with Gasteiger partial charge in [0.1, 0.15) is 0 Å². The lowest BCUT2D eigenvalue weighted by Gasteiger charge is -2.29. The summed E-state index contributed by atoms with van der Waals surface area (Å²) in [5.41, 5.74) is 0.00509. The largest absolute Gasteiger partial charge is 0.416 e. The summed E-state index contributed by atoms with van der Waals surface area (Å²) in [6.07, 6.45) is -1.31. The zero-order valence-electron chi connectivity index (χ0n) is 14.6. The second-order valence-electron chi connectivity index (χ2n) is 7.88. The summed E-state index contributed by atoms with van der Waals surface area (Å²) >= 11 is 0. The highest BCUT2D eigenvalue weighted by Crippen LogP contribution is 2.39. The Kier molecular flexibility index (Phi) is 4.29. The summed E-state index contributed by atoms with van der Waals surface area (Å²) in [5.74, 6) is 0.160. The van der Waals surface area contributed by atoms with Gasteiger partial charge in [0.25, 0.3) is 0 Å². The molecule has 25 heavy (non-hydrogen) atoms. The zero-order valence-corrected chi connectivity index (χ0v) is 14.6. The fraction of sp³-hybridized carbons (Fsp3) is 0.556. The molecule has 0 unspecified atom stereocenters. The number of imidazole rings is 1. The molecule has 1 fully saturated rings. The van der Waals surface area contributed by atoms with Crippen molar-refractivity contribution in [3.05, 3.63) is 23.8 Å².